The monoisotopic (exact) mass is 364 g/mol. The highest BCUT2D eigenvalue weighted by Crippen LogP contribution is 2.26. The van der Waals surface area contributed by atoms with Gasteiger partial charge in [0.2, 0.25) is 0 Å². The molecule has 1 heterocycles. The summed E-state index contributed by atoms with van der Waals surface area (Å²) in [5.74, 6) is -0.172. The Labute approximate surface area is 154 Å². The van der Waals surface area contributed by atoms with Crippen LogP contribution >= 0.6 is 0 Å². The maximum absolute atomic E-state index is 13.0. The average molecular weight is 364 g/mol. The molecule has 3 rings (SSSR count). The highest BCUT2D eigenvalue weighted by molar-refractivity contribution is 5.95. The molecule has 0 aliphatic rings. The number of pyridine rings is 1. The molecule has 136 valence electrons. The lowest BCUT2D eigenvalue weighted by Gasteiger charge is -2.19. The van der Waals surface area contributed by atoms with Gasteiger partial charge in [-0.15, -0.1) is 0 Å². The van der Waals surface area contributed by atoms with Gasteiger partial charge in [0, 0.05) is 27.6 Å². The van der Waals surface area contributed by atoms with E-state index >= 15 is 0 Å². The highest BCUT2D eigenvalue weighted by atomic mass is 16.5. The van der Waals surface area contributed by atoms with E-state index < -0.39 is 11.4 Å². The van der Waals surface area contributed by atoms with Crippen LogP contribution < -0.4 is 10.2 Å². The summed E-state index contributed by atoms with van der Waals surface area (Å²) >= 11 is 0. The molecule has 0 amide bonds. The molecule has 0 saturated carbocycles. The van der Waals surface area contributed by atoms with Crippen LogP contribution in [-0.2, 0) is 11.3 Å². The van der Waals surface area contributed by atoms with Crippen LogP contribution in [0.3, 0.4) is 0 Å². The van der Waals surface area contributed by atoms with Gasteiger partial charge in [-0.05, 0) is 29.8 Å². The number of nitrogens with zero attached hydrogens (tertiary/aromatic N) is 4. The number of benzene rings is 2. The van der Waals surface area contributed by atoms with E-state index in [1.807, 2.05) is 18.2 Å². The summed E-state index contributed by atoms with van der Waals surface area (Å²) in [6.45, 7) is -0.269. The number of para-hydroxylation sites is 1. The Morgan fingerprint density at radius 3 is 2.56 bits per heavy atom. The molecule has 8 heteroatoms. The standard InChI is InChI=1S/C19H16N4O4/c1-26-13-8-9-14-16(10-13)23(12-6-4-3-5-7-12)17(19(25)27-2)15(18(14)24)11-21-22-20/h3-10H,11H2,1-2H3. The first-order chi connectivity index (χ1) is 13.1. The summed E-state index contributed by atoms with van der Waals surface area (Å²) in [5, 5.41) is 3.86. The van der Waals surface area contributed by atoms with Gasteiger partial charge in [0.1, 0.15) is 11.4 Å². The number of hydrogen-bond acceptors (Lipinski definition) is 5. The molecular weight excluding hydrogens is 348 g/mol. The van der Waals surface area contributed by atoms with Crippen molar-refractivity contribution in [2.45, 2.75) is 6.54 Å². The van der Waals surface area contributed by atoms with E-state index in [9.17, 15) is 9.59 Å². The van der Waals surface area contributed by atoms with Crippen LogP contribution in [0.25, 0.3) is 27.0 Å². The molecule has 0 radical (unpaired) electrons. The third-order valence-electron chi connectivity index (χ3n) is 4.16. The van der Waals surface area contributed by atoms with Crippen molar-refractivity contribution >= 4 is 16.9 Å². The number of aromatic nitrogens is 1. The van der Waals surface area contributed by atoms with Crippen molar-refractivity contribution in [3.8, 4) is 11.4 Å². The highest BCUT2D eigenvalue weighted by Gasteiger charge is 2.24. The van der Waals surface area contributed by atoms with Gasteiger partial charge in [-0.2, -0.15) is 0 Å². The number of methoxy groups -OCH3 is 2. The van der Waals surface area contributed by atoms with Crippen molar-refractivity contribution in [3.05, 3.63) is 80.5 Å². The molecular formula is C19H16N4O4. The molecule has 27 heavy (non-hydrogen) atoms. The zero-order valence-corrected chi connectivity index (χ0v) is 14.7. The third-order valence-corrected chi connectivity index (χ3v) is 4.16. The van der Waals surface area contributed by atoms with Gasteiger partial charge in [-0.25, -0.2) is 4.79 Å². The second-order valence-corrected chi connectivity index (χ2v) is 5.59. The van der Waals surface area contributed by atoms with E-state index in [1.54, 1.807) is 34.9 Å². The molecule has 0 aliphatic heterocycles. The van der Waals surface area contributed by atoms with Crippen LogP contribution in [0.5, 0.6) is 5.75 Å². The normalized spacial score (nSPS) is 10.3. The molecule has 3 aromatic rings. The SMILES string of the molecule is COC(=O)c1c(CN=[N+]=[N-])c(=O)c2ccc(OC)cc2n1-c1ccccc1. The summed E-state index contributed by atoms with van der Waals surface area (Å²) < 4.78 is 11.8. The molecule has 0 unspecified atom stereocenters. The molecule has 0 N–H and O–H groups in total. The smallest absolute Gasteiger partial charge is 0.355 e. The molecule has 0 saturated heterocycles. The number of carbonyl (C=O) groups excluding carboxylic acids is 1. The molecule has 8 nitrogen and oxygen atoms in total. The number of hydrogen-bond donors (Lipinski definition) is 0. The average Bonchev–Trinajstić information content (AvgIpc) is 2.72. The predicted octanol–water partition coefficient (Wildman–Crippen LogP) is 3.60. The minimum absolute atomic E-state index is 0.0156. The van der Waals surface area contributed by atoms with E-state index in [0.717, 1.165) is 0 Å². The Bertz CT molecular complexity index is 1120. The molecule has 0 aliphatic carbocycles. The number of fused-ring (bicyclic) bond motifs is 1. The number of carbonyl (C=O) groups is 1. The van der Waals surface area contributed by atoms with Gasteiger partial charge in [-0.3, -0.25) is 4.79 Å². The van der Waals surface area contributed by atoms with Gasteiger partial charge >= 0.3 is 5.97 Å². The second-order valence-electron chi connectivity index (χ2n) is 5.59. The van der Waals surface area contributed by atoms with E-state index in [1.165, 1.54) is 14.2 Å². The van der Waals surface area contributed by atoms with Crippen molar-refractivity contribution in [3.63, 3.8) is 0 Å². The van der Waals surface area contributed by atoms with Crippen LogP contribution in [0.15, 0.2) is 58.4 Å². The zero-order chi connectivity index (χ0) is 19.4. The summed E-state index contributed by atoms with van der Waals surface area (Å²) in [5.41, 5.74) is 9.51. The Hall–Kier alpha value is -3.77. The molecule has 0 fully saturated rings. The van der Waals surface area contributed by atoms with Crippen LogP contribution in [0, 0.1) is 0 Å². The Morgan fingerprint density at radius 2 is 1.93 bits per heavy atom. The predicted molar refractivity (Wildman–Crippen MR) is 100 cm³/mol. The van der Waals surface area contributed by atoms with Crippen LogP contribution in [0.1, 0.15) is 16.1 Å². The maximum Gasteiger partial charge on any atom is 0.355 e. The van der Waals surface area contributed by atoms with Crippen LogP contribution in [0.2, 0.25) is 0 Å². The van der Waals surface area contributed by atoms with Gasteiger partial charge in [-0.1, -0.05) is 23.3 Å². The summed E-state index contributed by atoms with van der Waals surface area (Å²) in [7, 11) is 2.75. The fraction of sp³-hybridized carbons (Fsp3) is 0.158. The zero-order valence-electron chi connectivity index (χ0n) is 14.7. The van der Waals surface area contributed by atoms with E-state index in [0.29, 0.717) is 22.3 Å². The summed E-state index contributed by atoms with van der Waals surface area (Å²) in [4.78, 5) is 28.3. The van der Waals surface area contributed by atoms with Gasteiger partial charge in [0.25, 0.3) is 0 Å². The van der Waals surface area contributed by atoms with Gasteiger partial charge in [0.15, 0.2) is 5.43 Å². The Morgan fingerprint density at radius 1 is 1.19 bits per heavy atom. The molecule has 2 aromatic carbocycles. The largest absolute Gasteiger partial charge is 0.497 e. The molecule has 0 atom stereocenters. The maximum atomic E-state index is 13.0. The minimum atomic E-state index is -0.705. The van der Waals surface area contributed by atoms with Gasteiger partial charge < -0.3 is 14.0 Å². The van der Waals surface area contributed by atoms with E-state index in [4.69, 9.17) is 15.0 Å². The number of rotatable bonds is 5. The number of azide groups is 1. The topological polar surface area (TPSA) is 106 Å². The first-order valence-electron chi connectivity index (χ1n) is 8.02. The van der Waals surface area contributed by atoms with Gasteiger partial charge in [0.05, 0.1) is 26.3 Å². The fourth-order valence-corrected chi connectivity index (χ4v) is 2.95. The molecule has 1 aromatic heterocycles. The van der Waals surface area contributed by atoms with Crippen molar-refractivity contribution in [2.24, 2.45) is 5.11 Å². The Balaban J connectivity index is 2.55. The lowest BCUT2D eigenvalue weighted by Crippen LogP contribution is -2.24. The van der Waals surface area contributed by atoms with Crippen molar-refractivity contribution in [2.75, 3.05) is 14.2 Å². The second kappa shape index (κ2) is 7.63. The lowest BCUT2D eigenvalue weighted by atomic mass is 10.1. The third kappa shape index (κ3) is 3.21. The quantitative estimate of drug-likeness (QED) is 0.298. The summed E-state index contributed by atoms with van der Waals surface area (Å²) in [6, 6.07) is 14.0. The number of ether oxygens (including phenoxy) is 2. The number of esters is 1. The van der Waals surface area contributed by atoms with Crippen molar-refractivity contribution in [1.82, 2.24) is 4.57 Å². The van der Waals surface area contributed by atoms with E-state index in [2.05, 4.69) is 10.0 Å². The van der Waals surface area contributed by atoms with Crippen molar-refractivity contribution in [1.29, 1.82) is 0 Å². The first-order valence-corrected chi connectivity index (χ1v) is 8.02. The minimum Gasteiger partial charge on any atom is -0.497 e. The Kier molecular flexibility index (Phi) is 5.10. The van der Waals surface area contributed by atoms with Crippen LogP contribution in [0.4, 0.5) is 0 Å². The molecule has 0 spiro atoms. The summed E-state index contributed by atoms with van der Waals surface area (Å²) in [6.07, 6.45) is 0. The molecule has 0 bridgehead atoms. The van der Waals surface area contributed by atoms with Crippen molar-refractivity contribution < 1.29 is 14.3 Å². The first kappa shape index (κ1) is 18.0. The van der Waals surface area contributed by atoms with E-state index in [-0.39, 0.29) is 17.8 Å². The fourth-order valence-electron chi connectivity index (χ4n) is 2.95. The lowest BCUT2D eigenvalue weighted by molar-refractivity contribution is 0.0590. The van der Waals surface area contributed by atoms with Crippen LogP contribution in [-0.4, -0.2) is 24.8 Å².